The maximum atomic E-state index is 13.7. The third kappa shape index (κ3) is 3.90. The lowest BCUT2D eigenvalue weighted by atomic mass is 10.3. The molecule has 6 nitrogen and oxygen atoms in total. The number of nitrogens with two attached hydrogens (primary N) is 1. The summed E-state index contributed by atoms with van der Waals surface area (Å²) in [5.41, 5.74) is 5.62. The van der Waals surface area contributed by atoms with Gasteiger partial charge in [0.1, 0.15) is 10.7 Å². The lowest BCUT2D eigenvalue weighted by molar-refractivity contribution is -0.128. The third-order valence-corrected chi connectivity index (χ3v) is 4.76. The molecule has 0 fully saturated rings. The summed E-state index contributed by atoms with van der Waals surface area (Å²) in [4.78, 5) is 12.3. The number of likely N-dealkylation sites (N-methyl/N-ethyl adjacent to an activating group) is 1. The molecule has 1 aromatic carbocycles. The van der Waals surface area contributed by atoms with Gasteiger partial charge in [0.05, 0.1) is 6.54 Å². The van der Waals surface area contributed by atoms with Crippen LogP contribution in [0, 0.1) is 5.82 Å². The molecule has 112 valence electrons. The van der Waals surface area contributed by atoms with Gasteiger partial charge in [0, 0.05) is 23.8 Å². The van der Waals surface area contributed by atoms with Crippen LogP contribution in [0.3, 0.4) is 0 Å². The van der Waals surface area contributed by atoms with Gasteiger partial charge in [0.15, 0.2) is 0 Å². The van der Waals surface area contributed by atoms with E-state index in [2.05, 4.69) is 15.9 Å². The van der Waals surface area contributed by atoms with E-state index >= 15 is 0 Å². The zero-order valence-electron chi connectivity index (χ0n) is 11.0. The Labute approximate surface area is 125 Å². The molecule has 0 unspecified atom stereocenters. The summed E-state index contributed by atoms with van der Waals surface area (Å²) in [6, 6.07) is 1.96. The number of rotatable bonds is 5. The zero-order chi connectivity index (χ0) is 15.5. The molecule has 0 aliphatic heterocycles. The van der Waals surface area contributed by atoms with Gasteiger partial charge in [0.25, 0.3) is 0 Å². The minimum absolute atomic E-state index is 0.0868. The first-order chi connectivity index (χ1) is 9.19. The maximum Gasteiger partial charge on any atom is 0.244 e. The molecule has 0 heterocycles. The predicted molar refractivity (Wildman–Crippen MR) is 77.0 cm³/mol. The number of carbonyl (C=O) groups excluding carboxylic acids is 1. The molecule has 0 saturated heterocycles. The molecule has 0 aliphatic carbocycles. The van der Waals surface area contributed by atoms with Crippen molar-refractivity contribution in [2.24, 2.45) is 0 Å². The normalized spacial score (nSPS) is 11.4. The van der Waals surface area contributed by atoms with Crippen LogP contribution in [-0.2, 0) is 14.8 Å². The summed E-state index contributed by atoms with van der Waals surface area (Å²) < 4.78 is 39.9. The number of sulfonamides is 1. The van der Waals surface area contributed by atoms with Gasteiger partial charge < -0.3 is 10.6 Å². The van der Waals surface area contributed by atoms with E-state index in [1.807, 2.05) is 4.72 Å². The number of nitrogen functional groups attached to an aromatic ring is 1. The van der Waals surface area contributed by atoms with Crippen LogP contribution >= 0.6 is 15.9 Å². The fourth-order valence-corrected chi connectivity index (χ4v) is 2.68. The number of hydrogen-bond donors (Lipinski definition) is 2. The molecule has 0 aliphatic rings. The van der Waals surface area contributed by atoms with Gasteiger partial charge >= 0.3 is 0 Å². The Morgan fingerprint density at radius 2 is 2.10 bits per heavy atom. The average Bonchev–Trinajstić information content (AvgIpc) is 2.39. The second-order valence-corrected chi connectivity index (χ2v) is 6.63. The highest BCUT2D eigenvalue weighted by Crippen LogP contribution is 2.25. The summed E-state index contributed by atoms with van der Waals surface area (Å²) in [5.74, 6) is -1.36. The number of amides is 1. The third-order valence-electron chi connectivity index (χ3n) is 2.65. The van der Waals surface area contributed by atoms with E-state index in [0.717, 1.165) is 12.1 Å². The van der Waals surface area contributed by atoms with Crippen LogP contribution in [0.2, 0.25) is 0 Å². The summed E-state index contributed by atoms with van der Waals surface area (Å²) in [6.07, 6.45) is 0. The molecular weight excluding hydrogens is 353 g/mol. The lowest BCUT2D eigenvalue weighted by Gasteiger charge is -2.15. The maximum absolute atomic E-state index is 13.7. The molecular formula is C11H15BrFN3O3S. The SMILES string of the molecule is CCN(C)C(=O)CNS(=O)(=O)c1cc(N)c(Br)cc1F. The Morgan fingerprint density at radius 1 is 1.50 bits per heavy atom. The zero-order valence-corrected chi connectivity index (χ0v) is 13.4. The number of hydrogen-bond acceptors (Lipinski definition) is 4. The topological polar surface area (TPSA) is 92.5 Å². The molecule has 1 aromatic rings. The average molecular weight is 368 g/mol. The van der Waals surface area contributed by atoms with E-state index in [0.29, 0.717) is 6.54 Å². The molecule has 3 N–H and O–H groups in total. The molecule has 0 saturated carbocycles. The lowest BCUT2D eigenvalue weighted by Crippen LogP contribution is -2.38. The Balaban J connectivity index is 2.95. The van der Waals surface area contributed by atoms with Crippen molar-refractivity contribution in [3.63, 3.8) is 0 Å². The first-order valence-electron chi connectivity index (χ1n) is 5.67. The highest BCUT2D eigenvalue weighted by molar-refractivity contribution is 9.10. The van der Waals surface area contributed by atoms with Gasteiger partial charge in [-0.3, -0.25) is 4.79 Å². The number of anilines is 1. The highest BCUT2D eigenvalue weighted by Gasteiger charge is 2.22. The van der Waals surface area contributed by atoms with Crippen molar-refractivity contribution >= 4 is 37.5 Å². The van der Waals surface area contributed by atoms with Crippen molar-refractivity contribution in [3.05, 3.63) is 22.4 Å². The van der Waals surface area contributed by atoms with Crippen molar-refractivity contribution in [1.82, 2.24) is 9.62 Å². The largest absolute Gasteiger partial charge is 0.398 e. The number of nitrogens with one attached hydrogen (secondary N) is 1. The number of halogens is 2. The van der Waals surface area contributed by atoms with Gasteiger partial charge in [0.2, 0.25) is 15.9 Å². The summed E-state index contributed by atoms with van der Waals surface area (Å²) in [7, 11) is -2.60. The number of nitrogens with zero attached hydrogens (tertiary/aromatic N) is 1. The molecule has 1 amide bonds. The van der Waals surface area contributed by atoms with E-state index in [1.54, 1.807) is 6.92 Å². The van der Waals surface area contributed by atoms with Gasteiger partial charge in [-0.25, -0.2) is 17.5 Å². The van der Waals surface area contributed by atoms with Crippen LogP contribution in [0.25, 0.3) is 0 Å². The van der Waals surface area contributed by atoms with Crippen LogP contribution in [0.1, 0.15) is 6.92 Å². The van der Waals surface area contributed by atoms with Crippen molar-refractivity contribution in [3.8, 4) is 0 Å². The van der Waals surface area contributed by atoms with Crippen molar-refractivity contribution < 1.29 is 17.6 Å². The molecule has 0 atom stereocenters. The molecule has 0 spiro atoms. The monoisotopic (exact) mass is 367 g/mol. The van der Waals surface area contributed by atoms with Crippen LogP contribution in [-0.4, -0.2) is 39.4 Å². The summed E-state index contributed by atoms with van der Waals surface area (Å²) in [5, 5.41) is 0. The minimum atomic E-state index is -4.14. The van der Waals surface area contributed by atoms with Crippen LogP contribution in [0.5, 0.6) is 0 Å². The van der Waals surface area contributed by atoms with Gasteiger partial charge in [-0.1, -0.05) is 0 Å². The smallest absolute Gasteiger partial charge is 0.244 e. The van der Waals surface area contributed by atoms with Crippen LogP contribution < -0.4 is 10.5 Å². The summed E-state index contributed by atoms with van der Waals surface area (Å²) in [6.45, 7) is 1.75. The first kappa shape index (κ1) is 16.9. The Kier molecular flexibility index (Phi) is 5.49. The van der Waals surface area contributed by atoms with Gasteiger partial charge in [-0.15, -0.1) is 0 Å². The predicted octanol–water partition coefficient (Wildman–Crippen LogP) is 0.927. The van der Waals surface area contributed by atoms with E-state index in [9.17, 15) is 17.6 Å². The quantitative estimate of drug-likeness (QED) is 0.757. The highest BCUT2D eigenvalue weighted by atomic mass is 79.9. The number of carbonyl (C=O) groups is 1. The van der Waals surface area contributed by atoms with Crippen molar-refractivity contribution in [1.29, 1.82) is 0 Å². The molecule has 0 aromatic heterocycles. The molecule has 1 rings (SSSR count). The molecule has 0 radical (unpaired) electrons. The fourth-order valence-electron chi connectivity index (χ4n) is 1.30. The molecule has 20 heavy (non-hydrogen) atoms. The Morgan fingerprint density at radius 3 is 2.65 bits per heavy atom. The van der Waals surface area contributed by atoms with E-state index in [4.69, 9.17) is 5.73 Å². The second kappa shape index (κ2) is 6.51. The Bertz CT molecular complexity index is 622. The van der Waals surface area contributed by atoms with E-state index < -0.39 is 33.2 Å². The van der Waals surface area contributed by atoms with Crippen LogP contribution in [0.4, 0.5) is 10.1 Å². The Hall–Kier alpha value is -1.19. The summed E-state index contributed by atoms with van der Waals surface area (Å²) >= 11 is 3.00. The van der Waals surface area contributed by atoms with Gasteiger partial charge in [-0.2, -0.15) is 0 Å². The second-order valence-electron chi connectivity index (χ2n) is 4.04. The van der Waals surface area contributed by atoms with Crippen molar-refractivity contribution in [2.75, 3.05) is 25.9 Å². The van der Waals surface area contributed by atoms with Crippen LogP contribution in [0.15, 0.2) is 21.5 Å². The standard InChI is InChI=1S/C11H15BrFN3O3S/c1-3-16(2)11(17)6-15-20(18,19)10-5-9(14)7(12)4-8(10)13/h4-5,15H,3,6,14H2,1-2H3. The fraction of sp³-hybridized carbons (Fsp3) is 0.364. The van der Waals surface area contributed by atoms with E-state index in [-0.39, 0.29) is 10.2 Å². The minimum Gasteiger partial charge on any atom is -0.398 e. The number of benzene rings is 1. The molecule has 9 heteroatoms. The van der Waals surface area contributed by atoms with E-state index in [1.165, 1.54) is 11.9 Å². The van der Waals surface area contributed by atoms with Crippen molar-refractivity contribution in [2.45, 2.75) is 11.8 Å². The van der Waals surface area contributed by atoms with Gasteiger partial charge in [-0.05, 0) is 35.0 Å². The molecule has 0 bridgehead atoms. The first-order valence-corrected chi connectivity index (χ1v) is 7.94.